The van der Waals surface area contributed by atoms with Gasteiger partial charge in [0.05, 0.1) is 0 Å². The third kappa shape index (κ3) is 11.8. The normalized spacial score (nSPS) is 11.6. The number of hydrogen-bond donors (Lipinski definition) is 1. The molecule has 0 aliphatic rings. The van der Waals surface area contributed by atoms with Gasteiger partial charge in [-0.05, 0) is 37.1 Å². The van der Waals surface area contributed by atoms with Crippen LogP contribution in [0.15, 0.2) is 35.2 Å². The van der Waals surface area contributed by atoms with Crippen molar-refractivity contribution in [1.29, 1.82) is 0 Å². The third-order valence-corrected chi connectivity index (χ3v) is 6.01. The van der Waals surface area contributed by atoms with Crippen LogP contribution >= 0.6 is 35.0 Å². The number of hydrogen-bond acceptors (Lipinski definition) is 2. The molecule has 142 valence electrons. The number of carbonyl (C=O) groups is 1. The average Bonchev–Trinajstić information content (AvgIpc) is 2.59. The van der Waals surface area contributed by atoms with Gasteiger partial charge in [-0.2, -0.15) is 0 Å². The lowest BCUT2D eigenvalue weighted by Gasteiger charge is -2.13. The van der Waals surface area contributed by atoms with Crippen molar-refractivity contribution in [2.45, 2.75) is 79.9 Å². The largest absolute Gasteiger partial charge is 0.479 e. The lowest BCUT2D eigenvalue weighted by molar-refractivity contribution is -0.138. The molecule has 1 N–H and O–H groups in total. The summed E-state index contributed by atoms with van der Waals surface area (Å²) in [7, 11) is 0. The van der Waals surface area contributed by atoms with Crippen LogP contribution in [0.4, 0.5) is 0 Å². The Morgan fingerprint density at radius 3 is 1.84 bits per heavy atom. The second kappa shape index (κ2) is 13.8. The Morgan fingerprint density at radius 2 is 1.32 bits per heavy atom. The van der Waals surface area contributed by atoms with E-state index in [0.29, 0.717) is 6.42 Å². The lowest BCUT2D eigenvalue weighted by Crippen LogP contribution is -2.25. The number of thioether (sulfide) groups is 1. The molecule has 0 aromatic heterocycles. The van der Waals surface area contributed by atoms with E-state index in [-0.39, 0.29) is 0 Å². The zero-order valence-electron chi connectivity index (χ0n) is 14.9. The number of carboxylic acid groups (broad SMARTS) is 1. The molecule has 0 amide bonds. The molecule has 0 saturated heterocycles. The summed E-state index contributed by atoms with van der Waals surface area (Å²) < 4.78 is -1.61. The van der Waals surface area contributed by atoms with Gasteiger partial charge < -0.3 is 5.11 Å². The summed E-state index contributed by atoms with van der Waals surface area (Å²) in [4.78, 5) is 12.1. The topological polar surface area (TPSA) is 37.3 Å². The minimum atomic E-state index is -1.61. The maximum Gasteiger partial charge on any atom is 0.340 e. The molecular weight excluding hydrogens is 375 g/mol. The van der Waals surface area contributed by atoms with Gasteiger partial charge >= 0.3 is 5.97 Å². The van der Waals surface area contributed by atoms with Crippen molar-refractivity contribution in [2.75, 3.05) is 5.75 Å². The highest BCUT2D eigenvalue weighted by atomic mass is 35.5. The Hall–Kier alpha value is -0.380. The van der Waals surface area contributed by atoms with Crippen LogP contribution in [0.3, 0.4) is 0 Å². The molecule has 1 aromatic carbocycles. The molecule has 25 heavy (non-hydrogen) atoms. The van der Waals surface area contributed by atoms with Gasteiger partial charge in [-0.25, -0.2) is 4.79 Å². The summed E-state index contributed by atoms with van der Waals surface area (Å²) in [5.41, 5.74) is 0. The Labute approximate surface area is 166 Å². The first kappa shape index (κ1) is 22.7. The zero-order chi connectivity index (χ0) is 18.4. The van der Waals surface area contributed by atoms with E-state index < -0.39 is 10.3 Å². The number of rotatable bonds is 15. The number of unbranched alkanes of at least 4 members (excludes halogenated alkanes) is 9. The SMILES string of the molecule is O=C(O)C(Cl)(Cl)CCCCCCCCCCCCSc1ccccc1. The molecule has 0 saturated carbocycles. The standard InChI is InChI=1S/C20H30Cl2O2S/c21-20(22,19(23)24)16-12-7-5-3-1-2-4-6-8-13-17-25-18-14-10-9-11-15-18/h9-11,14-15H,1-8,12-13,16-17H2,(H,23,24). The van der Waals surface area contributed by atoms with Crippen LogP contribution < -0.4 is 0 Å². The molecule has 5 heteroatoms. The van der Waals surface area contributed by atoms with Crippen molar-refractivity contribution in [2.24, 2.45) is 0 Å². The van der Waals surface area contributed by atoms with Crippen LogP contribution in [0.5, 0.6) is 0 Å². The van der Waals surface area contributed by atoms with Gasteiger partial charge in [0.25, 0.3) is 0 Å². The molecule has 0 aliphatic heterocycles. The number of halogens is 2. The first-order chi connectivity index (χ1) is 12.0. The highest BCUT2D eigenvalue weighted by Crippen LogP contribution is 2.28. The van der Waals surface area contributed by atoms with Crippen molar-refractivity contribution < 1.29 is 9.90 Å². The summed E-state index contributed by atoms with van der Waals surface area (Å²) in [5.74, 6) is 0.0706. The fourth-order valence-electron chi connectivity index (χ4n) is 2.68. The summed E-state index contributed by atoms with van der Waals surface area (Å²) in [6.45, 7) is 0. The van der Waals surface area contributed by atoms with Crippen LogP contribution in [0.2, 0.25) is 0 Å². The molecule has 0 atom stereocenters. The third-order valence-electron chi connectivity index (χ3n) is 4.21. The molecule has 0 bridgehead atoms. The fraction of sp³-hybridized carbons (Fsp3) is 0.650. The summed E-state index contributed by atoms with van der Waals surface area (Å²) in [5, 5.41) is 8.81. The summed E-state index contributed by atoms with van der Waals surface area (Å²) >= 11 is 13.4. The van der Waals surface area contributed by atoms with Gasteiger partial charge in [-0.3, -0.25) is 0 Å². The van der Waals surface area contributed by atoms with Gasteiger partial charge in [0.1, 0.15) is 0 Å². The molecule has 0 unspecified atom stereocenters. The van der Waals surface area contributed by atoms with E-state index in [1.54, 1.807) is 0 Å². The van der Waals surface area contributed by atoms with Gasteiger partial charge in [-0.1, -0.05) is 92.8 Å². The number of carboxylic acids is 1. The Bertz CT molecular complexity index is 466. The zero-order valence-corrected chi connectivity index (χ0v) is 17.2. The second-order valence-electron chi connectivity index (χ2n) is 6.46. The van der Waals surface area contributed by atoms with Crippen LogP contribution in [0.25, 0.3) is 0 Å². The predicted molar refractivity (Wildman–Crippen MR) is 110 cm³/mol. The molecule has 0 spiro atoms. The first-order valence-electron chi connectivity index (χ1n) is 9.31. The van der Waals surface area contributed by atoms with E-state index >= 15 is 0 Å². The van der Waals surface area contributed by atoms with Gasteiger partial charge in [0.2, 0.25) is 4.33 Å². The Balaban J connectivity index is 1.81. The summed E-state index contributed by atoms with van der Waals surface area (Å²) in [6, 6.07) is 10.6. The highest BCUT2D eigenvalue weighted by Gasteiger charge is 2.32. The van der Waals surface area contributed by atoms with Crippen LogP contribution in [0, 0.1) is 0 Å². The molecule has 0 aliphatic carbocycles. The molecule has 1 rings (SSSR count). The van der Waals surface area contributed by atoms with Crippen molar-refractivity contribution in [3.8, 4) is 0 Å². The highest BCUT2D eigenvalue weighted by molar-refractivity contribution is 7.99. The summed E-state index contributed by atoms with van der Waals surface area (Å²) in [6.07, 6.45) is 12.3. The van der Waals surface area contributed by atoms with Crippen LogP contribution in [-0.2, 0) is 4.79 Å². The molecular formula is C20H30Cl2O2S. The Morgan fingerprint density at radius 1 is 0.840 bits per heavy atom. The number of aliphatic carboxylic acids is 1. The predicted octanol–water partition coefficient (Wildman–Crippen LogP) is 7.33. The smallest absolute Gasteiger partial charge is 0.340 e. The Kier molecular flexibility index (Phi) is 12.5. The number of benzene rings is 1. The maximum absolute atomic E-state index is 10.8. The van der Waals surface area contributed by atoms with E-state index in [1.165, 1.54) is 55.6 Å². The van der Waals surface area contributed by atoms with Crippen LogP contribution in [-0.4, -0.2) is 21.2 Å². The maximum atomic E-state index is 10.8. The van der Waals surface area contributed by atoms with Crippen LogP contribution in [0.1, 0.15) is 70.6 Å². The van der Waals surface area contributed by atoms with Gasteiger partial charge in [0, 0.05) is 4.90 Å². The quantitative estimate of drug-likeness (QED) is 0.189. The average molecular weight is 405 g/mol. The lowest BCUT2D eigenvalue weighted by atomic mass is 10.1. The molecule has 2 nitrogen and oxygen atoms in total. The monoisotopic (exact) mass is 404 g/mol. The van der Waals surface area contributed by atoms with Gasteiger partial charge in [-0.15, -0.1) is 11.8 Å². The number of alkyl halides is 2. The van der Waals surface area contributed by atoms with Crippen molar-refractivity contribution >= 4 is 40.9 Å². The van der Waals surface area contributed by atoms with E-state index in [9.17, 15) is 4.79 Å². The van der Waals surface area contributed by atoms with E-state index in [0.717, 1.165) is 19.3 Å². The van der Waals surface area contributed by atoms with E-state index in [2.05, 4.69) is 30.3 Å². The van der Waals surface area contributed by atoms with E-state index in [1.807, 2.05) is 11.8 Å². The van der Waals surface area contributed by atoms with Crippen molar-refractivity contribution in [3.05, 3.63) is 30.3 Å². The second-order valence-corrected chi connectivity index (χ2v) is 9.11. The van der Waals surface area contributed by atoms with Crippen molar-refractivity contribution in [1.82, 2.24) is 0 Å². The molecule has 1 aromatic rings. The molecule has 0 fully saturated rings. The molecule has 0 heterocycles. The fourth-order valence-corrected chi connectivity index (χ4v) is 3.88. The minimum absolute atomic E-state index is 0.326. The van der Waals surface area contributed by atoms with Gasteiger partial charge in [0.15, 0.2) is 0 Å². The van der Waals surface area contributed by atoms with E-state index in [4.69, 9.17) is 28.3 Å². The first-order valence-corrected chi connectivity index (χ1v) is 11.1. The van der Waals surface area contributed by atoms with Crippen molar-refractivity contribution in [3.63, 3.8) is 0 Å². The minimum Gasteiger partial charge on any atom is -0.479 e. The molecule has 0 radical (unpaired) electrons.